The molecule has 6 aromatic rings. The second-order valence-electron chi connectivity index (χ2n) is 12.5. The summed E-state index contributed by atoms with van der Waals surface area (Å²) in [4.78, 5) is 32.2. The first kappa shape index (κ1) is 29.3. The number of aromatic amines is 2. The molecule has 1 saturated carbocycles. The average Bonchev–Trinajstić information content (AvgIpc) is 3.91. The minimum atomic E-state index is -0.373. The number of rotatable bonds is 9. The highest BCUT2D eigenvalue weighted by Crippen LogP contribution is 2.35. The number of benzene rings is 1. The Morgan fingerprint density at radius 1 is 0.915 bits per heavy atom. The lowest BCUT2D eigenvalue weighted by Gasteiger charge is -2.15. The number of nitrogens with one attached hydrogen (secondary N) is 3. The van der Waals surface area contributed by atoms with Crippen molar-refractivity contribution in [1.82, 2.24) is 35.0 Å². The molecule has 238 valence electrons. The van der Waals surface area contributed by atoms with E-state index in [4.69, 9.17) is 4.74 Å². The van der Waals surface area contributed by atoms with Gasteiger partial charge in [-0.3, -0.25) is 24.8 Å². The molecule has 6 heterocycles. The zero-order chi connectivity index (χ0) is 31.7. The third-order valence-corrected chi connectivity index (χ3v) is 9.30. The third kappa shape index (κ3) is 6.06. The third-order valence-electron chi connectivity index (χ3n) is 9.30. The number of fused-ring (bicyclic) bond motifs is 2. The van der Waals surface area contributed by atoms with Crippen molar-refractivity contribution >= 4 is 33.5 Å². The fourth-order valence-corrected chi connectivity index (χ4v) is 6.86. The molecule has 0 spiro atoms. The Hall–Kier alpha value is -5.16. The van der Waals surface area contributed by atoms with Gasteiger partial charge in [0.05, 0.1) is 23.3 Å². The minimum absolute atomic E-state index is 0.0549. The van der Waals surface area contributed by atoms with Crippen molar-refractivity contribution < 1.29 is 13.9 Å². The minimum Gasteiger partial charge on any atom is -0.492 e. The van der Waals surface area contributed by atoms with E-state index in [0.717, 1.165) is 78.4 Å². The summed E-state index contributed by atoms with van der Waals surface area (Å²) >= 11 is 0. The van der Waals surface area contributed by atoms with Crippen LogP contribution in [0.4, 0.5) is 10.1 Å². The van der Waals surface area contributed by atoms with Gasteiger partial charge in [-0.2, -0.15) is 5.10 Å². The fraction of sp³-hybridized carbons (Fsp3) is 0.306. The van der Waals surface area contributed by atoms with Crippen LogP contribution in [-0.4, -0.2) is 67.2 Å². The Balaban J connectivity index is 1.08. The molecule has 0 bridgehead atoms. The maximum atomic E-state index is 14.8. The van der Waals surface area contributed by atoms with Crippen molar-refractivity contribution in [2.24, 2.45) is 5.92 Å². The number of halogens is 1. The van der Waals surface area contributed by atoms with E-state index < -0.39 is 0 Å². The van der Waals surface area contributed by atoms with Gasteiger partial charge in [-0.25, -0.2) is 9.37 Å². The summed E-state index contributed by atoms with van der Waals surface area (Å²) in [6.07, 6.45) is 13.4. The molecular formula is C36H35FN8O2. The molecule has 1 aliphatic heterocycles. The van der Waals surface area contributed by atoms with Gasteiger partial charge in [0.15, 0.2) is 5.65 Å². The normalized spacial score (nSPS) is 15.6. The predicted molar refractivity (Wildman–Crippen MR) is 179 cm³/mol. The number of amides is 1. The van der Waals surface area contributed by atoms with Gasteiger partial charge in [0.25, 0.3) is 0 Å². The second kappa shape index (κ2) is 12.6. The van der Waals surface area contributed by atoms with Crippen molar-refractivity contribution in [3.8, 4) is 39.5 Å². The van der Waals surface area contributed by atoms with Crippen LogP contribution < -0.4 is 10.1 Å². The van der Waals surface area contributed by atoms with Crippen LogP contribution in [0.5, 0.6) is 5.75 Å². The summed E-state index contributed by atoms with van der Waals surface area (Å²) in [6, 6.07) is 12.6. The second-order valence-corrected chi connectivity index (χ2v) is 12.5. The van der Waals surface area contributed by atoms with Crippen LogP contribution in [0.3, 0.4) is 0 Å². The molecular weight excluding hydrogens is 595 g/mol. The van der Waals surface area contributed by atoms with Gasteiger partial charge >= 0.3 is 0 Å². The summed E-state index contributed by atoms with van der Waals surface area (Å²) in [5.41, 5.74) is 6.59. The van der Waals surface area contributed by atoms with E-state index in [2.05, 4.69) is 40.3 Å². The summed E-state index contributed by atoms with van der Waals surface area (Å²) in [5.74, 6) is 0.238. The van der Waals surface area contributed by atoms with Crippen LogP contribution in [0.25, 0.3) is 55.7 Å². The number of anilines is 1. The van der Waals surface area contributed by atoms with Gasteiger partial charge in [0, 0.05) is 70.1 Å². The smallest absolute Gasteiger partial charge is 0.227 e. The van der Waals surface area contributed by atoms with Crippen molar-refractivity contribution in [3.05, 3.63) is 73.1 Å². The van der Waals surface area contributed by atoms with E-state index in [1.165, 1.54) is 25.0 Å². The molecule has 8 rings (SSSR count). The lowest BCUT2D eigenvalue weighted by atomic mass is 10.1. The molecule has 11 heteroatoms. The van der Waals surface area contributed by atoms with Crippen LogP contribution in [0.1, 0.15) is 38.5 Å². The molecule has 3 N–H and O–H groups in total. The van der Waals surface area contributed by atoms with Crippen LogP contribution in [0.15, 0.2) is 67.3 Å². The Bertz CT molecular complexity index is 2080. The summed E-state index contributed by atoms with van der Waals surface area (Å²) < 4.78 is 20.8. The van der Waals surface area contributed by atoms with E-state index in [1.54, 1.807) is 24.8 Å². The maximum Gasteiger partial charge on any atom is 0.227 e. The van der Waals surface area contributed by atoms with E-state index >= 15 is 0 Å². The molecule has 10 nitrogen and oxygen atoms in total. The van der Waals surface area contributed by atoms with Gasteiger partial charge in [0.1, 0.15) is 23.9 Å². The topological polar surface area (TPSA) is 125 Å². The van der Waals surface area contributed by atoms with Crippen molar-refractivity contribution in [1.29, 1.82) is 0 Å². The molecule has 2 fully saturated rings. The van der Waals surface area contributed by atoms with Crippen LogP contribution >= 0.6 is 0 Å². The van der Waals surface area contributed by atoms with Crippen molar-refractivity contribution in [2.75, 3.05) is 31.6 Å². The number of hydrogen-bond acceptors (Lipinski definition) is 7. The van der Waals surface area contributed by atoms with Crippen LogP contribution in [0, 0.1) is 11.7 Å². The molecule has 5 aromatic heterocycles. The molecule has 1 aromatic carbocycles. The quantitative estimate of drug-likeness (QED) is 0.158. The van der Waals surface area contributed by atoms with E-state index in [0.29, 0.717) is 40.6 Å². The standard InChI is InChI=1S/C36H35FN8O2/c37-26-13-23(15-28(17-26)47-12-11-45-9-3-4-10-45)33-29-18-32(42-31(29)7-8-39-33)34-30-16-25(20-40-35(30)44-43-34)24-14-27(21-38-19-24)41-36(46)22-5-1-2-6-22/h7-8,13-22,42H,1-6,9-12H2,(H,41,46)(H,40,43,44). The molecule has 0 radical (unpaired) electrons. The Labute approximate surface area is 270 Å². The number of hydrogen-bond donors (Lipinski definition) is 3. The number of ether oxygens (including phenoxy) is 1. The molecule has 1 aliphatic carbocycles. The van der Waals surface area contributed by atoms with E-state index in [-0.39, 0.29) is 17.6 Å². The summed E-state index contributed by atoms with van der Waals surface area (Å²) in [7, 11) is 0. The summed E-state index contributed by atoms with van der Waals surface area (Å²) in [5, 5.41) is 12.3. The van der Waals surface area contributed by atoms with Gasteiger partial charge < -0.3 is 15.0 Å². The van der Waals surface area contributed by atoms with Gasteiger partial charge in [0.2, 0.25) is 5.91 Å². The van der Waals surface area contributed by atoms with Crippen LogP contribution in [0.2, 0.25) is 0 Å². The Morgan fingerprint density at radius 3 is 2.64 bits per heavy atom. The fourth-order valence-electron chi connectivity index (χ4n) is 6.86. The maximum absolute atomic E-state index is 14.8. The van der Waals surface area contributed by atoms with Gasteiger partial charge in [-0.05, 0) is 75.2 Å². The van der Waals surface area contributed by atoms with Crippen LogP contribution in [-0.2, 0) is 4.79 Å². The lowest BCUT2D eigenvalue weighted by molar-refractivity contribution is -0.119. The average molecular weight is 631 g/mol. The van der Waals surface area contributed by atoms with Gasteiger partial charge in [-0.1, -0.05) is 12.8 Å². The predicted octanol–water partition coefficient (Wildman–Crippen LogP) is 6.97. The first-order valence-electron chi connectivity index (χ1n) is 16.3. The Kier molecular flexibility index (Phi) is 7.82. The van der Waals surface area contributed by atoms with Crippen molar-refractivity contribution in [2.45, 2.75) is 38.5 Å². The van der Waals surface area contributed by atoms with E-state index in [1.807, 2.05) is 30.3 Å². The first-order valence-corrected chi connectivity index (χ1v) is 16.3. The molecule has 2 aliphatic rings. The number of H-pyrrole nitrogens is 2. The largest absolute Gasteiger partial charge is 0.492 e. The first-order chi connectivity index (χ1) is 23.1. The monoisotopic (exact) mass is 630 g/mol. The van der Waals surface area contributed by atoms with Gasteiger partial charge in [-0.15, -0.1) is 0 Å². The van der Waals surface area contributed by atoms with Crippen molar-refractivity contribution in [3.63, 3.8) is 0 Å². The lowest BCUT2D eigenvalue weighted by Crippen LogP contribution is -2.25. The molecule has 47 heavy (non-hydrogen) atoms. The summed E-state index contributed by atoms with van der Waals surface area (Å²) in [6.45, 7) is 3.51. The molecule has 1 saturated heterocycles. The number of likely N-dealkylation sites (tertiary alicyclic amines) is 1. The molecule has 0 atom stereocenters. The molecule has 1 amide bonds. The zero-order valence-electron chi connectivity index (χ0n) is 25.9. The number of carbonyl (C=O) groups is 1. The number of pyridine rings is 3. The molecule has 0 unspecified atom stereocenters. The number of aromatic nitrogens is 6. The highest BCUT2D eigenvalue weighted by atomic mass is 19.1. The highest BCUT2D eigenvalue weighted by molar-refractivity contribution is 6.00. The highest BCUT2D eigenvalue weighted by Gasteiger charge is 2.23. The zero-order valence-corrected chi connectivity index (χ0v) is 25.9. The Morgan fingerprint density at radius 2 is 1.77 bits per heavy atom. The van der Waals surface area contributed by atoms with E-state index in [9.17, 15) is 9.18 Å². The SMILES string of the molecule is O=C(Nc1cncc(-c2cnc3[nH]nc(-c4cc5c(-c6cc(F)cc(OCCN7CCCC7)c6)nccc5[nH]4)c3c2)c1)C1CCCC1. The number of nitrogens with zero attached hydrogens (tertiary/aromatic N) is 5. The number of carbonyl (C=O) groups excluding carboxylic acids is 1.